The van der Waals surface area contributed by atoms with Crippen molar-refractivity contribution in [1.82, 2.24) is 5.32 Å². The maximum atomic E-state index is 13.0. The second-order valence-corrected chi connectivity index (χ2v) is 6.68. The number of benzene rings is 2. The molecule has 1 aliphatic carbocycles. The number of amides is 1. The average molecular weight is 362 g/mol. The van der Waals surface area contributed by atoms with Gasteiger partial charge in [-0.3, -0.25) is 9.59 Å². The number of carbonyl (C=O) groups excluding carboxylic acids is 1. The third-order valence-corrected chi connectivity index (χ3v) is 4.83. The van der Waals surface area contributed by atoms with Crippen molar-refractivity contribution in [1.29, 1.82) is 0 Å². The molecule has 0 aromatic heterocycles. The number of nitrogens with one attached hydrogen (secondary N) is 1. The predicted octanol–water partition coefficient (Wildman–Crippen LogP) is 3.50. The Morgan fingerprint density at radius 1 is 1.20 bits per heavy atom. The predicted molar refractivity (Wildman–Crippen MR) is 92.2 cm³/mol. The first-order valence-corrected chi connectivity index (χ1v) is 8.33. The van der Waals surface area contributed by atoms with Crippen LogP contribution in [-0.4, -0.2) is 23.5 Å². The summed E-state index contributed by atoms with van der Waals surface area (Å²) in [6.45, 7) is -0.0535. The number of hydrogen-bond donors (Lipinski definition) is 2. The van der Waals surface area contributed by atoms with Gasteiger partial charge in [-0.05, 0) is 48.2 Å². The van der Waals surface area contributed by atoms with Crippen molar-refractivity contribution in [3.8, 4) is 0 Å². The molecular formula is C19H17ClFNO3. The van der Waals surface area contributed by atoms with Gasteiger partial charge in [-0.15, -0.1) is 0 Å². The molecule has 0 radical (unpaired) electrons. The van der Waals surface area contributed by atoms with Crippen molar-refractivity contribution < 1.29 is 19.1 Å². The van der Waals surface area contributed by atoms with Crippen molar-refractivity contribution in [3.63, 3.8) is 0 Å². The van der Waals surface area contributed by atoms with E-state index in [0.29, 0.717) is 23.4 Å². The minimum atomic E-state index is -1.07. The number of carboxylic acid groups (broad SMARTS) is 1. The summed E-state index contributed by atoms with van der Waals surface area (Å²) in [5.74, 6) is -2.64. The van der Waals surface area contributed by atoms with Gasteiger partial charge in [0.25, 0.3) is 0 Å². The van der Waals surface area contributed by atoms with E-state index in [4.69, 9.17) is 11.6 Å². The molecule has 0 aliphatic heterocycles. The monoisotopic (exact) mass is 361 g/mol. The fraction of sp³-hybridized carbons (Fsp3) is 0.263. The Kier molecular flexibility index (Phi) is 4.77. The Labute approximate surface area is 149 Å². The molecule has 0 spiro atoms. The van der Waals surface area contributed by atoms with Crippen LogP contribution in [0.2, 0.25) is 5.02 Å². The number of carbonyl (C=O) groups is 2. The number of halogens is 2. The highest BCUT2D eigenvalue weighted by Crippen LogP contribution is 2.48. The van der Waals surface area contributed by atoms with Crippen LogP contribution in [0.15, 0.2) is 48.5 Å². The van der Waals surface area contributed by atoms with Crippen molar-refractivity contribution in [2.75, 3.05) is 6.54 Å². The number of carboxylic acids is 1. The maximum Gasteiger partial charge on any atom is 0.312 e. The van der Waals surface area contributed by atoms with Crippen LogP contribution in [0.25, 0.3) is 0 Å². The first kappa shape index (κ1) is 17.4. The Hall–Kier alpha value is -2.40. The molecule has 0 bridgehead atoms. The molecule has 1 atom stereocenters. The molecule has 0 heterocycles. The highest BCUT2D eigenvalue weighted by Gasteiger charge is 2.51. The summed E-state index contributed by atoms with van der Waals surface area (Å²) in [4.78, 5) is 24.2. The summed E-state index contributed by atoms with van der Waals surface area (Å²) in [5, 5.41) is 12.7. The third-order valence-electron chi connectivity index (χ3n) is 4.60. The highest BCUT2D eigenvalue weighted by molar-refractivity contribution is 6.30. The van der Waals surface area contributed by atoms with Gasteiger partial charge < -0.3 is 10.4 Å². The lowest BCUT2D eigenvalue weighted by molar-refractivity contribution is -0.138. The molecule has 3 rings (SSSR count). The Morgan fingerprint density at radius 3 is 2.44 bits per heavy atom. The second kappa shape index (κ2) is 6.84. The molecule has 2 aromatic carbocycles. The molecule has 1 saturated carbocycles. The molecule has 4 nitrogen and oxygen atoms in total. The zero-order valence-corrected chi connectivity index (χ0v) is 14.1. The lowest BCUT2D eigenvalue weighted by Crippen LogP contribution is -2.38. The van der Waals surface area contributed by atoms with Gasteiger partial charge in [-0.1, -0.05) is 35.9 Å². The van der Waals surface area contributed by atoms with E-state index in [1.54, 1.807) is 18.2 Å². The maximum absolute atomic E-state index is 13.0. The van der Waals surface area contributed by atoms with Gasteiger partial charge in [0.15, 0.2) is 0 Å². The normalized spacial score (nSPS) is 16.1. The van der Waals surface area contributed by atoms with Gasteiger partial charge in [0.2, 0.25) is 5.91 Å². The SMILES string of the molecule is O=C(O)C(CNC(=O)C1(c2cccc(Cl)c2)CC1)c1ccc(F)cc1. The Balaban J connectivity index is 1.72. The Bertz CT molecular complexity index is 803. The first-order valence-electron chi connectivity index (χ1n) is 7.95. The molecule has 1 fully saturated rings. The first-order chi connectivity index (χ1) is 11.9. The van der Waals surface area contributed by atoms with E-state index in [1.165, 1.54) is 24.3 Å². The second-order valence-electron chi connectivity index (χ2n) is 6.24. The van der Waals surface area contributed by atoms with E-state index in [9.17, 15) is 19.1 Å². The molecule has 6 heteroatoms. The quantitative estimate of drug-likeness (QED) is 0.827. The number of hydrogen-bond acceptors (Lipinski definition) is 2. The molecule has 1 aliphatic rings. The lowest BCUT2D eigenvalue weighted by Gasteiger charge is -2.19. The zero-order chi connectivity index (χ0) is 18.0. The van der Waals surface area contributed by atoms with Gasteiger partial charge in [-0.2, -0.15) is 0 Å². The highest BCUT2D eigenvalue weighted by atomic mass is 35.5. The molecule has 0 saturated heterocycles. The summed E-state index contributed by atoms with van der Waals surface area (Å²) in [7, 11) is 0. The summed E-state index contributed by atoms with van der Waals surface area (Å²) in [5.41, 5.74) is 0.657. The molecule has 1 unspecified atom stereocenters. The molecular weight excluding hydrogens is 345 g/mol. The standard InChI is InChI=1S/C19H17ClFNO3/c20-14-3-1-2-13(10-14)19(8-9-19)18(25)22-11-16(17(23)24)12-4-6-15(21)7-5-12/h1-7,10,16H,8-9,11H2,(H,22,25)(H,23,24). The average Bonchev–Trinajstić information content (AvgIpc) is 3.38. The Morgan fingerprint density at radius 2 is 1.88 bits per heavy atom. The van der Waals surface area contributed by atoms with Crippen molar-refractivity contribution in [2.24, 2.45) is 0 Å². The number of aliphatic carboxylic acids is 1. The van der Waals surface area contributed by atoms with Gasteiger partial charge in [0.05, 0.1) is 11.3 Å². The molecule has 2 N–H and O–H groups in total. The number of rotatable bonds is 6. The smallest absolute Gasteiger partial charge is 0.312 e. The molecule has 1 amide bonds. The van der Waals surface area contributed by atoms with Gasteiger partial charge >= 0.3 is 5.97 Å². The third kappa shape index (κ3) is 3.66. The van der Waals surface area contributed by atoms with Crippen LogP contribution < -0.4 is 5.32 Å². The minimum Gasteiger partial charge on any atom is -0.481 e. The summed E-state index contributed by atoms with van der Waals surface area (Å²) in [6, 6.07) is 12.4. The van der Waals surface area contributed by atoms with Gasteiger partial charge in [0, 0.05) is 11.6 Å². The van der Waals surface area contributed by atoms with E-state index in [-0.39, 0.29) is 12.5 Å². The van der Waals surface area contributed by atoms with Crippen LogP contribution in [0.4, 0.5) is 4.39 Å². The minimum absolute atomic E-state index is 0.0535. The van der Waals surface area contributed by atoms with E-state index in [1.807, 2.05) is 6.07 Å². The molecule has 130 valence electrons. The molecule has 2 aromatic rings. The van der Waals surface area contributed by atoms with Crippen LogP contribution in [0, 0.1) is 5.82 Å². The fourth-order valence-corrected chi connectivity index (χ4v) is 3.16. The van der Waals surface area contributed by atoms with Crippen molar-refractivity contribution in [2.45, 2.75) is 24.2 Å². The largest absolute Gasteiger partial charge is 0.481 e. The van der Waals surface area contributed by atoms with Crippen molar-refractivity contribution in [3.05, 3.63) is 70.5 Å². The van der Waals surface area contributed by atoms with Gasteiger partial charge in [-0.25, -0.2) is 4.39 Å². The summed E-state index contributed by atoms with van der Waals surface area (Å²) < 4.78 is 13.0. The summed E-state index contributed by atoms with van der Waals surface area (Å²) in [6.07, 6.45) is 1.40. The van der Waals surface area contributed by atoms with E-state index in [0.717, 1.165) is 5.56 Å². The van der Waals surface area contributed by atoms with E-state index >= 15 is 0 Å². The topological polar surface area (TPSA) is 66.4 Å². The van der Waals surface area contributed by atoms with Crippen LogP contribution in [0.1, 0.15) is 29.9 Å². The van der Waals surface area contributed by atoms with Crippen LogP contribution >= 0.6 is 11.6 Å². The van der Waals surface area contributed by atoms with E-state index < -0.39 is 23.1 Å². The van der Waals surface area contributed by atoms with Crippen LogP contribution in [0.5, 0.6) is 0 Å². The van der Waals surface area contributed by atoms with Crippen LogP contribution in [-0.2, 0) is 15.0 Å². The van der Waals surface area contributed by atoms with E-state index in [2.05, 4.69) is 5.32 Å². The summed E-state index contributed by atoms with van der Waals surface area (Å²) >= 11 is 6.01. The van der Waals surface area contributed by atoms with Crippen molar-refractivity contribution >= 4 is 23.5 Å². The lowest BCUT2D eigenvalue weighted by atomic mass is 9.94. The fourth-order valence-electron chi connectivity index (χ4n) is 2.96. The molecule has 25 heavy (non-hydrogen) atoms. The zero-order valence-electron chi connectivity index (χ0n) is 13.3. The van der Waals surface area contributed by atoms with Crippen LogP contribution in [0.3, 0.4) is 0 Å². The van der Waals surface area contributed by atoms with Gasteiger partial charge in [0.1, 0.15) is 5.82 Å².